The fourth-order valence-corrected chi connectivity index (χ4v) is 1.26. The minimum absolute atomic E-state index is 0. The zero-order chi connectivity index (χ0) is 12.0. The van der Waals surface area contributed by atoms with Gasteiger partial charge in [0.25, 0.3) is 0 Å². The number of carbonyl (C=O) groups is 1. The molecule has 0 fully saturated rings. The first-order chi connectivity index (χ1) is 7.69. The third-order valence-corrected chi connectivity index (χ3v) is 2.04. The molecule has 17 heavy (non-hydrogen) atoms. The van der Waals surface area contributed by atoms with Crippen molar-refractivity contribution in [2.75, 3.05) is 0 Å². The highest BCUT2D eigenvalue weighted by Crippen LogP contribution is 2.20. The van der Waals surface area contributed by atoms with Gasteiger partial charge >= 0.3 is 11.7 Å². The summed E-state index contributed by atoms with van der Waals surface area (Å²) in [6.45, 7) is 5.34. The van der Waals surface area contributed by atoms with Gasteiger partial charge in [-0.15, -0.1) is 6.58 Å². The van der Waals surface area contributed by atoms with Crippen LogP contribution in [-0.2, 0) is 4.74 Å². The second kappa shape index (κ2) is 7.42. The van der Waals surface area contributed by atoms with Gasteiger partial charge in [-0.3, -0.25) is 0 Å². The number of hydrogen-bond acceptors (Lipinski definition) is 3. The molecule has 4 nitrogen and oxygen atoms in total. The van der Waals surface area contributed by atoms with Crippen molar-refractivity contribution in [3.05, 3.63) is 47.5 Å². The Morgan fingerprint density at radius 2 is 2.24 bits per heavy atom. The van der Waals surface area contributed by atoms with Gasteiger partial charge in [-0.05, 0) is 13.0 Å². The highest BCUT2D eigenvalue weighted by molar-refractivity contribution is 5.95. The van der Waals surface area contributed by atoms with Gasteiger partial charge in [0.15, 0.2) is 10.5 Å². The van der Waals surface area contributed by atoms with Crippen molar-refractivity contribution < 1.29 is 21.9 Å². The molecule has 0 saturated heterocycles. The van der Waals surface area contributed by atoms with Crippen molar-refractivity contribution in [1.29, 1.82) is 5.39 Å². The number of diazo groups is 1. The van der Waals surface area contributed by atoms with Crippen LogP contribution in [0.5, 0.6) is 0 Å². The van der Waals surface area contributed by atoms with Crippen molar-refractivity contribution in [1.82, 2.24) is 0 Å². The first kappa shape index (κ1) is 15.1. The summed E-state index contributed by atoms with van der Waals surface area (Å²) in [4.78, 5) is 14.7. The molecule has 1 aromatic carbocycles. The quantitative estimate of drug-likeness (QED) is 0.440. The highest BCUT2D eigenvalue weighted by atomic mass is 35.5. The van der Waals surface area contributed by atoms with E-state index < -0.39 is 5.97 Å². The van der Waals surface area contributed by atoms with E-state index in [9.17, 15) is 4.79 Å². The predicted molar refractivity (Wildman–Crippen MR) is 60.9 cm³/mol. The van der Waals surface area contributed by atoms with Crippen LogP contribution in [-0.4, -0.2) is 12.1 Å². The molecule has 0 aliphatic rings. The Labute approximate surface area is 106 Å². The SMILES string of the molecule is C=CCC(C)OC(=O)c1ccccc1[N+]#N.[Cl-]. The average molecular weight is 253 g/mol. The zero-order valence-corrected chi connectivity index (χ0v) is 10.2. The monoisotopic (exact) mass is 252 g/mol. The first-order valence-corrected chi connectivity index (χ1v) is 4.95. The molecule has 0 amide bonds. The summed E-state index contributed by atoms with van der Waals surface area (Å²) in [5.41, 5.74) is 0.458. The van der Waals surface area contributed by atoms with Crippen LogP contribution in [0, 0.1) is 5.39 Å². The number of hydrogen-bond donors (Lipinski definition) is 0. The van der Waals surface area contributed by atoms with Gasteiger partial charge in [0.05, 0.1) is 0 Å². The molecule has 1 rings (SSSR count). The molecule has 0 heterocycles. The summed E-state index contributed by atoms with van der Waals surface area (Å²) >= 11 is 0. The molecule has 0 aliphatic carbocycles. The molecule has 0 N–H and O–H groups in total. The molecule has 90 valence electrons. The maximum Gasteiger partial charge on any atom is 0.399 e. The largest absolute Gasteiger partial charge is 1.00 e. The second-order valence-electron chi connectivity index (χ2n) is 3.36. The fraction of sp³-hybridized carbons (Fsp3) is 0.250. The topological polar surface area (TPSA) is 54.5 Å². The van der Waals surface area contributed by atoms with Crippen molar-refractivity contribution in [2.24, 2.45) is 0 Å². The molecule has 5 heteroatoms. The van der Waals surface area contributed by atoms with Crippen LogP contribution in [0.1, 0.15) is 23.7 Å². The van der Waals surface area contributed by atoms with E-state index in [0.29, 0.717) is 6.42 Å². The summed E-state index contributed by atoms with van der Waals surface area (Å²) < 4.78 is 5.14. The molecule has 1 aromatic rings. The number of benzene rings is 1. The number of ether oxygens (including phenoxy) is 1. The smallest absolute Gasteiger partial charge is 0.399 e. The normalized spacial score (nSPS) is 10.6. The van der Waals surface area contributed by atoms with Gasteiger partial charge in [0.1, 0.15) is 6.10 Å². The van der Waals surface area contributed by atoms with Crippen LogP contribution >= 0.6 is 0 Å². The number of carbonyl (C=O) groups excluding carboxylic acids is 1. The first-order valence-electron chi connectivity index (χ1n) is 4.95. The molecule has 0 aromatic heterocycles. The Morgan fingerprint density at radius 3 is 2.82 bits per heavy atom. The summed E-state index contributed by atoms with van der Waals surface area (Å²) in [7, 11) is 0. The molecule has 0 aliphatic heterocycles. The maximum absolute atomic E-state index is 11.7. The Morgan fingerprint density at radius 1 is 1.59 bits per heavy atom. The molecule has 0 bridgehead atoms. The summed E-state index contributed by atoms with van der Waals surface area (Å²) in [5.74, 6) is -0.497. The van der Waals surface area contributed by atoms with E-state index in [2.05, 4.69) is 11.6 Å². The minimum Gasteiger partial charge on any atom is -1.00 e. The van der Waals surface area contributed by atoms with Crippen LogP contribution in [0.15, 0.2) is 36.9 Å². The fourth-order valence-electron chi connectivity index (χ4n) is 1.26. The summed E-state index contributed by atoms with van der Waals surface area (Å²) in [6, 6.07) is 6.45. The zero-order valence-electron chi connectivity index (χ0n) is 9.47. The molecule has 1 atom stereocenters. The highest BCUT2D eigenvalue weighted by Gasteiger charge is 2.21. The van der Waals surface area contributed by atoms with Crippen LogP contribution < -0.4 is 12.4 Å². The van der Waals surface area contributed by atoms with Gasteiger partial charge in [-0.25, -0.2) is 4.79 Å². The van der Waals surface area contributed by atoms with E-state index in [-0.39, 0.29) is 29.8 Å². The average Bonchev–Trinajstić information content (AvgIpc) is 2.29. The van der Waals surface area contributed by atoms with E-state index in [0.717, 1.165) is 0 Å². The predicted octanol–water partition coefficient (Wildman–Crippen LogP) is 0.297. The third kappa shape index (κ3) is 4.25. The molecular formula is C12H13ClN2O2. The molecule has 1 unspecified atom stereocenters. The van der Waals surface area contributed by atoms with E-state index in [4.69, 9.17) is 10.1 Å². The number of halogens is 1. The molecule has 0 saturated carbocycles. The van der Waals surface area contributed by atoms with Gasteiger partial charge in [0, 0.05) is 12.5 Å². The van der Waals surface area contributed by atoms with Gasteiger partial charge in [-0.2, -0.15) is 0 Å². The van der Waals surface area contributed by atoms with Crippen molar-refractivity contribution in [2.45, 2.75) is 19.4 Å². The Hall–Kier alpha value is -1.86. The number of rotatable bonds is 4. The number of esters is 1. The maximum atomic E-state index is 11.7. The van der Waals surface area contributed by atoms with Crippen molar-refractivity contribution in [3.8, 4) is 0 Å². The Bertz CT molecular complexity index is 440. The lowest BCUT2D eigenvalue weighted by Gasteiger charge is -2.09. The van der Waals surface area contributed by atoms with Gasteiger partial charge in [-0.1, -0.05) is 18.2 Å². The van der Waals surface area contributed by atoms with Gasteiger partial charge < -0.3 is 17.1 Å². The minimum atomic E-state index is -0.497. The second-order valence-corrected chi connectivity index (χ2v) is 3.36. The van der Waals surface area contributed by atoms with Crippen LogP contribution in [0.3, 0.4) is 0 Å². The van der Waals surface area contributed by atoms with Crippen molar-refractivity contribution >= 4 is 11.7 Å². The van der Waals surface area contributed by atoms with Crippen LogP contribution in [0.25, 0.3) is 4.98 Å². The van der Waals surface area contributed by atoms with E-state index in [1.54, 1.807) is 31.2 Å². The third-order valence-electron chi connectivity index (χ3n) is 2.04. The standard InChI is InChI=1S/C12H13N2O2.ClH/c1-3-6-9(2)16-12(15)10-7-4-5-8-11(10)14-13;/h3-5,7-9H,1,6H2,2H3;1H/q+1;/p-1. The van der Waals surface area contributed by atoms with Gasteiger partial charge in [0.2, 0.25) is 5.39 Å². The summed E-state index contributed by atoms with van der Waals surface area (Å²) in [6.07, 6.45) is 2.03. The molecular weight excluding hydrogens is 240 g/mol. The lowest BCUT2D eigenvalue weighted by Crippen LogP contribution is -3.00. The van der Waals surface area contributed by atoms with E-state index in [1.165, 1.54) is 6.07 Å². The van der Waals surface area contributed by atoms with Crippen LogP contribution in [0.2, 0.25) is 0 Å². The van der Waals surface area contributed by atoms with Crippen LogP contribution in [0.4, 0.5) is 5.69 Å². The Balaban J connectivity index is 0.00000256. The Kier molecular flexibility index (Phi) is 6.61. The van der Waals surface area contributed by atoms with E-state index in [1.807, 2.05) is 0 Å². The molecule has 0 spiro atoms. The van der Waals surface area contributed by atoms with E-state index >= 15 is 0 Å². The lowest BCUT2D eigenvalue weighted by atomic mass is 10.2. The molecule has 0 radical (unpaired) electrons. The number of nitrogens with zero attached hydrogens (tertiary/aromatic N) is 2. The summed E-state index contributed by atoms with van der Waals surface area (Å²) in [5, 5.41) is 8.71. The van der Waals surface area contributed by atoms with Crippen molar-refractivity contribution in [3.63, 3.8) is 0 Å². The lowest BCUT2D eigenvalue weighted by molar-refractivity contribution is -0.0000333.